The fourth-order valence-electron chi connectivity index (χ4n) is 3.78. The number of phenolic OH excluding ortho intramolecular Hbond substituents is 1. The molecule has 3 aromatic carbocycles. The zero-order valence-electron chi connectivity index (χ0n) is 18.1. The molecule has 2 aromatic heterocycles. The quantitative estimate of drug-likeness (QED) is 0.267. The number of H-pyrrole nitrogens is 1. The van der Waals surface area contributed by atoms with Crippen molar-refractivity contribution in [3.63, 3.8) is 0 Å². The smallest absolute Gasteiger partial charge is 0.301 e. The summed E-state index contributed by atoms with van der Waals surface area (Å²) in [5.41, 5.74) is 1.80. The maximum Gasteiger partial charge on any atom is 0.301 e. The molecule has 0 spiro atoms. The van der Waals surface area contributed by atoms with Crippen LogP contribution in [0.1, 0.15) is 0 Å². The van der Waals surface area contributed by atoms with E-state index in [1.54, 1.807) is 12.1 Å². The monoisotopic (exact) mass is 472 g/mol. The molecule has 12 heteroatoms. The number of methoxy groups -OCH3 is 1. The number of aromatic nitrogens is 4. The van der Waals surface area contributed by atoms with E-state index in [1.165, 1.54) is 36.1 Å². The van der Waals surface area contributed by atoms with E-state index >= 15 is 0 Å². The molecule has 0 saturated carbocycles. The number of nitro groups is 2. The van der Waals surface area contributed by atoms with Gasteiger partial charge in [0, 0.05) is 17.7 Å². The molecule has 5 aromatic rings. The molecule has 0 atom stereocenters. The molecule has 0 amide bonds. The first-order chi connectivity index (χ1) is 16.9. The average molecular weight is 472 g/mol. The van der Waals surface area contributed by atoms with E-state index in [0.717, 1.165) is 11.6 Å². The van der Waals surface area contributed by atoms with E-state index in [4.69, 9.17) is 4.74 Å². The van der Waals surface area contributed by atoms with Crippen molar-refractivity contribution in [1.29, 1.82) is 0 Å². The predicted molar refractivity (Wildman–Crippen MR) is 126 cm³/mol. The zero-order chi connectivity index (χ0) is 24.7. The number of nitrogens with one attached hydrogen (secondary N) is 1. The number of rotatable bonds is 6. The Balaban J connectivity index is 1.79. The standard InChI is InChI=1S/C23H16N6O6/c1-35-22-11-14(30)7-8-15(22)18-12-21(23-24-16-4-2-3-5-17(16)25-23)27(26-18)19-9-6-13(28(31)32)10-20(19)29(33)34/h2-12,30H,1H3,(H,24,25). The van der Waals surface area contributed by atoms with Crippen molar-refractivity contribution in [2.45, 2.75) is 0 Å². The molecule has 0 saturated heterocycles. The van der Waals surface area contributed by atoms with Crippen molar-refractivity contribution in [1.82, 2.24) is 19.7 Å². The molecule has 35 heavy (non-hydrogen) atoms. The van der Waals surface area contributed by atoms with Crippen molar-refractivity contribution in [3.05, 3.63) is 87.0 Å². The van der Waals surface area contributed by atoms with Crippen molar-refractivity contribution in [2.24, 2.45) is 0 Å². The van der Waals surface area contributed by atoms with Gasteiger partial charge in [0.15, 0.2) is 5.82 Å². The summed E-state index contributed by atoms with van der Waals surface area (Å²) in [6, 6.07) is 16.8. The minimum absolute atomic E-state index is 0.00597. The molecular formula is C23H16N6O6. The number of aromatic amines is 1. The SMILES string of the molecule is COc1cc(O)ccc1-c1cc(-c2nc3ccccc3[nH]2)n(-c2ccc([N+](=O)[O-])cc2[N+](=O)[O-])n1. The first kappa shape index (κ1) is 21.6. The summed E-state index contributed by atoms with van der Waals surface area (Å²) in [6.07, 6.45) is 0. The lowest BCUT2D eigenvalue weighted by Crippen LogP contribution is -2.05. The van der Waals surface area contributed by atoms with Crippen LogP contribution in [-0.4, -0.2) is 41.8 Å². The number of phenols is 1. The molecule has 0 aliphatic rings. The molecule has 0 aliphatic heterocycles. The Morgan fingerprint density at radius 3 is 2.51 bits per heavy atom. The van der Waals surface area contributed by atoms with E-state index < -0.39 is 21.2 Å². The van der Waals surface area contributed by atoms with Crippen molar-refractivity contribution < 1.29 is 19.7 Å². The predicted octanol–water partition coefficient (Wildman–Crippen LogP) is 4.61. The largest absolute Gasteiger partial charge is 0.508 e. The lowest BCUT2D eigenvalue weighted by Gasteiger charge is -2.07. The topological polar surface area (TPSA) is 162 Å². The van der Waals surface area contributed by atoms with Crippen LogP contribution in [0.4, 0.5) is 11.4 Å². The number of fused-ring (bicyclic) bond motifs is 1. The summed E-state index contributed by atoms with van der Waals surface area (Å²) in [7, 11) is 1.44. The maximum absolute atomic E-state index is 11.8. The van der Waals surface area contributed by atoms with Crippen LogP contribution in [0, 0.1) is 20.2 Å². The molecule has 0 aliphatic carbocycles. The number of imidazole rings is 1. The highest BCUT2D eigenvalue weighted by atomic mass is 16.6. The van der Waals surface area contributed by atoms with Crippen LogP contribution in [-0.2, 0) is 0 Å². The lowest BCUT2D eigenvalue weighted by atomic mass is 10.1. The van der Waals surface area contributed by atoms with E-state index in [0.29, 0.717) is 34.0 Å². The van der Waals surface area contributed by atoms with Crippen LogP contribution >= 0.6 is 0 Å². The molecule has 0 bridgehead atoms. The van der Waals surface area contributed by atoms with Crippen molar-refractivity contribution >= 4 is 22.4 Å². The normalized spacial score (nSPS) is 11.0. The highest BCUT2D eigenvalue weighted by Crippen LogP contribution is 2.37. The molecule has 2 heterocycles. The fourth-order valence-corrected chi connectivity index (χ4v) is 3.78. The molecule has 12 nitrogen and oxygen atoms in total. The second kappa shape index (κ2) is 8.26. The molecule has 2 N–H and O–H groups in total. The van der Waals surface area contributed by atoms with Gasteiger partial charge < -0.3 is 14.8 Å². The fraction of sp³-hybridized carbons (Fsp3) is 0.0435. The van der Waals surface area contributed by atoms with Gasteiger partial charge in [-0.1, -0.05) is 12.1 Å². The Kier molecular flexibility index (Phi) is 5.09. The minimum atomic E-state index is -0.702. The number of benzene rings is 3. The molecule has 174 valence electrons. The van der Waals surface area contributed by atoms with Crippen LogP contribution in [0.25, 0.3) is 39.5 Å². The number of ether oxygens (including phenoxy) is 1. The van der Waals surface area contributed by atoms with Gasteiger partial charge in [0.05, 0.1) is 39.8 Å². The van der Waals surface area contributed by atoms with Gasteiger partial charge in [-0.15, -0.1) is 0 Å². The minimum Gasteiger partial charge on any atom is -0.508 e. The second-order valence-electron chi connectivity index (χ2n) is 7.50. The highest BCUT2D eigenvalue weighted by Gasteiger charge is 2.26. The van der Waals surface area contributed by atoms with Gasteiger partial charge in [-0.05, 0) is 36.4 Å². The van der Waals surface area contributed by atoms with Crippen molar-refractivity contribution in [3.8, 4) is 40.0 Å². The third-order valence-electron chi connectivity index (χ3n) is 5.40. The van der Waals surface area contributed by atoms with Crippen LogP contribution in [0.15, 0.2) is 66.7 Å². The summed E-state index contributed by atoms with van der Waals surface area (Å²) in [5.74, 6) is 0.716. The van der Waals surface area contributed by atoms with E-state index in [9.17, 15) is 25.3 Å². The third kappa shape index (κ3) is 3.78. The molecule has 0 fully saturated rings. The summed E-state index contributed by atoms with van der Waals surface area (Å²) in [4.78, 5) is 29.4. The Labute approximate surface area is 196 Å². The van der Waals surface area contributed by atoms with Gasteiger partial charge in [0.25, 0.3) is 5.69 Å². The van der Waals surface area contributed by atoms with Crippen LogP contribution in [0.5, 0.6) is 11.5 Å². The number of para-hydroxylation sites is 2. The van der Waals surface area contributed by atoms with Gasteiger partial charge in [0.1, 0.15) is 22.9 Å². The summed E-state index contributed by atoms with van der Waals surface area (Å²) in [6.45, 7) is 0. The van der Waals surface area contributed by atoms with Crippen LogP contribution < -0.4 is 4.74 Å². The number of non-ortho nitro benzene ring substituents is 1. The second-order valence-corrected chi connectivity index (χ2v) is 7.50. The first-order valence-electron chi connectivity index (χ1n) is 10.2. The lowest BCUT2D eigenvalue weighted by molar-refractivity contribution is -0.394. The molecule has 0 radical (unpaired) electrons. The number of hydrogen-bond donors (Lipinski definition) is 2. The van der Waals surface area contributed by atoms with Crippen LogP contribution in [0.3, 0.4) is 0 Å². The summed E-state index contributed by atoms with van der Waals surface area (Å²) < 4.78 is 6.68. The molecule has 5 rings (SSSR count). The number of nitro benzene ring substituents is 2. The van der Waals surface area contributed by atoms with Crippen molar-refractivity contribution in [2.75, 3.05) is 7.11 Å². The Morgan fingerprint density at radius 1 is 1.00 bits per heavy atom. The first-order valence-corrected chi connectivity index (χ1v) is 10.2. The summed E-state index contributed by atoms with van der Waals surface area (Å²) in [5, 5.41) is 37.5. The highest BCUT2D eigenvalue weighted by molar-refractivity contribution is 5.81. The molecular weight excluding hydrogens is 456 g/mol. The number of nitrogens with zero attached hydrogens (tertiary/aromatic N) is 5. The van der Waals surface area contributed by atoms with Gasteiger partial charge in [-0.25, -0.2) is 9.67 Å². The van der Waals surface area contributed by atoms with E-state index in [-0.39, 0.29) is 11.4 Å². The number of aromatic hydroxyl groups is 1. The van der Waals surface area contributed by atoms with Crippen LogP contribution in [0.2, 0.25) is 0 Å². The molecule has 0 unspecified atom stereocenters. The maximum atomic E-state index is 11.8. The van der Waals surface area contributed by atoms with E-state index in [1.807, 2.05) is 24.3 Å². The van der Waals surface area contributed by atoms with Gasteiger partial charge in [-0.2, -0.15) is 5.10 Å². The Morgan fingerprint density at radius 2 is 1.80 bits per heavy atom. The number of hydrogen-bond acceptors (Lipinski definition) is 8. The van der Waals surface area contributed by atoms with Gasteiger partial charge in [-0.3, -0.25) is 20.2 Å². The van der Waals surface area contributed by atoms with Gasteiger partial charge >= 0.3 is 5.69 Å². The third-order valence-corrected chi connectivity index (χ3v) is 5.40. The van der Waals surface area contributed by atoms with E-state index in [2.05, 4.69) is 15.1 Å². The van der Waals surface area contributed by atoms with Gasteiger partial charge in [0.2, 0.25) is 0 Å². The summed E-state index contributed by atoms with van der Waals surface area (Å²) >= 11 is 0. The zero-order valence-corrected chi connectivity index (χ0v) is 18.1. The Hall–Kier alpha value is -5.26. The Bertz CT molecular complexity index is 1590. The average Bonchev–Trinajstić information content (AvgIpc) is 3.48.